The molecule has 0 radical (unpaired) electrons. The van der Waals surface area contributed by atoms with E-state index in [1.165, 1.54) is 12.8 Å². The van der Waals surface area contributed by atoms with Crippen LogP contribution in [-0.4, -0.2) is 55.2 Å². The van der Waals surface area contributed by atoms with Crippen molar-refractivity contribution in [2.75, 3.05) is 31.6 Å². The van der Waals surface area contributed by atoms with Gasteiger partial charge in [0.25, 0.3) is 5.91 Å². The van der Waals surface area contributed by atoms with Crippen LogP contribution in [-0.2, 0) is 16.1 Å². The van der Waals surface area contributed by atoms with Crippen molar-refractivity contribution in [2.45, 2.75) is 71.1 Å². The van der Waals surface area contributed by atoms with Crippen LogP contribution < -0.4 is 16.0 Å². The maximum Gasteiger partial charge on any atom is 0.315 e. The normalized spacial score (nSPS) is 20.0. The quantitative estimate of drug-likeness (QED) is 0.531. The smallest absolute Gasteiger partial charge is 0.315 e. The van der Waals surface area contributed by atoms with Gasteiger partial charge in [0.1, 0.15) is 6.10 Å². The predicted octanol–water partition coefficient (Wildman–Crippen LogP) is 3.50. The number of likely N-dealkylation sites (tertiary alicyclic amines) is 1. The van der Waals surface area contributed by atoms with Crippen molar-refractivity contribution < 1.29 is 14.3 Å². The fourth-order valence-corrected chi connectivity index (χ4v) is 4.71. The number of benzene rings is 1. The minimum absolute atomic E-state index is 0.102. The van der Waals surface area contributed by atoms with E-state index in [1.54, 1.807) is 0 Å². The summed E-state index contributed by atoms with van der Waals surface area (Å²) in [7, 11) is 0. The van der Waals surface area contributed by atoms with Crippen molar-refractivity contribution in [1.82, 2.24) is 15.5 Å². The van der Waals surface area contributed by atoms with Crippen LogP contribution in [0.5, 0.6) is 0 Å². The van der Waals surface area contributed by atoms with Crippen LogP contribution in [0.4, 0.5) is 10.5 Å². The summed E-state index contributed by atoms with van der Waals surface area (Å²) in [6, 6.07) is 7.83. The van der Waals surface area contributed by atoms with Gasteiger partial charge in [0.15, 0.2) is 0 Å². The Morgan fingerprint density at radius 3 is 2.58 bits per heavy atom. The molecule has 7 nitrogen and oxygen atoms in total. The van der Waals surface area contributed by atoms with Crippen molar-refractivity contribution in [2.24, 2.45) is 5.92 Å². The Balaban J connectivity index is 1.46. The zero-order valence-corrected chi connectivity index (χ0v) is 19.0. The number of amides is 3. The van der Waals surface area contributed by atoms with Crippen molar-refractivity contribution in [1.29, 1.82) is 0 Å². The van der Waals surface area contributed by atoms with Gasteiger partial charge in [0.2, 0.25) is 0 Å². The highest BCUT2D eigenvalue weighted by molar-refractivity contribution is 5.94. The van der Waals surface area contributed by atoms with Crippen molar-refractivity contribution in [3.05, 3.63) is 29.8 Å². The molecule has 3 N–H and O–H groups in total. The van der Waals surface area contributed by atoms with E-state index in [4.69, 9.17) is 4.74 Å². The first kappa shape index (κ1) is 23.5. The number of nitrogens with one attached hydrogen (secondary N) is 3. The average Bonchev–Trinajstić information content (AvgIpc) is 3.50. The van der Waals surface area contributed by atoms with Gasteiger partial charge in [-0.1, -0.05) is 38.8 Å². The predicted molar refractivity (Wildman–Crippen MR) is 123 cm³/mol. The molecule has 2 aliphatic heterocycles. The number of anilines is 1. The number of hydrogen-bond acceptors (Lipinski definition) is 4. The molecule has 0 aliphatic carbocycles. The minimum atomic E-state index is -0.355. The van der Waals surface area contributed by atoms with Crippen LogP contribution in [0.25, 0.3) is 0 Å². The zero-order chi connectivity index (χ0) is 22.1. The third-order valence-corrected chi connectivity index (χ3v) is 6.54. The summed E-state index contributed by atoms with van der Waals surface area (Å²) in [5, 5.41) is 8.95. The highest BCUT2D eigenvalue weighted by atomic mass is 16.5. The molecule has 2 heterocycles. The van der Waals surface area contributed by atoms with Gasteiger partial charge in [-0.3, -0.25) is 9.69 Å². The topological polar surface area (TPSA) is 82.7 Å². The largest absolute Gasteiger partial charge is 0.368 e. The Morgan fingerprint density at radius 2 is 1.90 bits per heavy atom. The van der Waals surface area contributed by atoms with Crippen LogP contribution in [0, 0.1) is 5.92 Å². The van der Waals surface area contributed by atoms with E-state index in [0.29, 0.717) is 31.7 Å². The Morgan fingerprint density at radius 1 is 1.13 bits per heavy atom. The average molecular weight is 431 g/mol. The monoisotopic (exact) mass is 430 g/mol. The number of ether oxygens (including phenoxy) is 1. The Labute approximate surface area is 186 Å². The molecule has 3 rings (SSSR count). The molecule has 0 spiro atoms. The molecule has 31 heavy (non-hydrogen) atoms. The van der Waals surface area contributed by atoms with Gasteiger partial charge >= 0.3 is 6.03 Å². The summed E-state index contributed by atoms with van der Waals surface area (Å²) in [5.74, 6) is 0.497. The Bertz CT molecular complexity index is 709. The number of hydrogen-bond donors (Lipinski definition) is 3. The molecule has 0 bridgehead atoms. The standard InChI is InChI=1S/C24H38N4O3/c1-3-19(4-2)21(28-12-5-6-13-28)17-26-24(30)25-16-18-9-7-10-20(15-18)27-23(29)22-11-8-14-31-22/h7,9-10,15,19,21-22H,3-6,8,11-14,16-17H2,1-2H3,(H,27,29)(H2,25,26,30). The Kier molecular flexibility index (Phi) is 9.15. The molecule has 2 saturated heterocycles. The van der Waals surface area contributed by atoms with Gasteiger partial charge in [-0.2, -0.15) is 0 Å². The van der Waals surface area contributed by atoms with Crippen molar-refractivity contribution in [3.63, 3.8) is 0 Å². The van der Waals surface area contributed by atoms with Crippen LogP contribution >= 0.6 is 0 Å². The number of urea groups is 1. The summed E-state index contributed by atoms with van der Waals surface area (Å²) in [5.41, 5.74) is 1.67. The van der Waals surface area contributed by atoms with Gasteiger partial charge in [-0.05, 0) is 62.4 Å². The van der Waals surface area contributed by atoms with E-state index in [9.17, 15) is 9.59 Å². The van der Waals surface area contributed by atoms with Gasteiger partial charge in [-0.25, -0.2) is 4.79 Å². The molecule has 2 aliphatic rings. The van der Waals surface area contributed by atoms with Gasteiger partial charge in [0.05, 0.1) is 0 Å². The third-order valence-electron chi connectivity index (χ3n) is 6.54. The molecule has 2 atom stereocenters. The maximum absolute atomic E-state index is 12.4. The van der Waals surface area contributed by atoms with Crippen LogP contribution in [0.3, 0.4) is 0 Å². The lowest BCUT2D eigenvalue weighted by Crippen LogP contribution is -2.48. The number of nitrogens with zero attached hydrogens (tertiary/aromatic N) is 1. The van der Waals surface area contributed by atoms with E-state index in [1.807, 2.05) is 24.3 Å². The zero-order valence-electron chi connectivity index (χ0n) is 19.0. The fraction of sp³-hybridized carbons (Fsp3) is 0.667. The first-order valence-corrected chi connectivity index (χ1v) is 11.9. The second-order valence-electron chi connectivity index (χ2n) is 8.64. The molecule has 1 aromatic rings. The third kappa shape index (κ3) is 6.94. The summed E-state index contributed by atoms with van der Waals surface area (Å²) in [6.07, 6.45) is 6.10. The summed E-state index contributed by atoms with van der Waals surface area (Å²) < 4.78 is 5.43. The first-order valence-electron chi connectivity index (χ1n) is 11.9. The Hall–Kier alpha value is -2.12. The van der Waals surface area contributed by atoms with E-state index in [-0.39, 0.29) is 18.0 Å². The molecule has 3 amide bonds. The molecule has 1 aromatic carbocycles. The summed E-state index contributed by atoms with van der Waals surface area (Å²) in [4.78, 5) is 27.2. The molecular formula is C24H38N4O3. The van der Waals surface area contributed by atoms with E-state index < -0.39 is 0 Å². The highest BCUT2D eigenvalue weighted by Gasteiger charge is 2.28. The van der Waals surface area contributed by atoms with Gasteiger partial charge < -0.3 is 20.7 Å². The lowest BCUT2D eigenvalue weighted by atomic mass is 9.93. The number of rotatable bonds is 10. The summed E-state index contributed by atoms with van der Waals surface area (Å²) in [6.45, 7) is 8.48. The fourth-order valence-electron chi connectivity index (χ4n) is 4.71. The molecule has 7 heteroatoms. The van der Waals surface area contributed by atoms with E-state index in [0.717, 1.165) is 50.0 Å². The van der Waals surface area contributed by atoms with Crippen LogP contribution in [0.1, 0.15) is 57.9 Å². The van der Waals surface area contributed by atoms with E-state index in [2.05, 4.69) is 34.7 Å². The van der Waals surface area contributed by atoms with Crippen LogP contribution in [0.2, 0.25) is 0 Å². The molecule has 172 valence electrons. The maximum atomic E-state index is 12.4. The number of carbonyl (C=O) groups excluding carboxylic acids is 2. The molecule has 2 fully saturated rings. The minimum Gasteiger partial charge on any atom is -0.368 e. The van der Waals surface area contributed by atoms with Crippen molar-refractivity contribution in [3.8, 4) is 0 Å². The second kappa shape index (κ2) is 12.1. The van der Waals surface area contributed by atoms with Crippen molar-refractivity contribution >= 4 is 17.6 Å². The summed E-state index contributed by atoms with van der Waals surface area (Å²) >= 11 is 0. The highest BCUT2D eigenvalue weighted by Crippen LogP contribution is 2.22. The van der Waals surface area contributed by atoms with Gasteiger partial charge in [-0.15, -0.1) is 0 Å². The number of carbonyl (C=O) groups is 2. The molecule has 0 saturated carbocycles. The van der Waals surface area contributed by atoms with E-state index >= 15 is 0 Å². The van der Waals surface area contributed by atoms with Crippen LogP contribution in [0.15, 0.2) is 24.3 Å². The lowest BCUT2D eigenvalue weighted by Gasteiger charge is -2.33. The lowest BCUT2D eigenvalue weighted by molar-refractivity contribution is -0.124. The van der Waals surface area contributed by atoms with Gasteiger partial charge in [0, 0.05) is 31.4 Å². The first-order chi connectivity index (χ1) is 15.1. The molecule has 2 unspecified atom stereocenters. The SMILES string of the molecule is CCC(CC)C(CNC(=O)NCc1cccc(NC(=O)C2CCCO2)c1)N1CCCC1. The molecular weight excluding hydrogens is 392 g/mol. The molecule has 0 aromatic heterocycles. The second-order valence-corrected chi connectivity index (χ2v) is 8.64.